The highest BCUT2D eigenvalue weighted by Crippen LogP contribution is 2.13. The third-order valence-electron chi connectivity index (χ3n) is 3.35. The highest BCUT2D eigenvalue weighted by atomic mass is 16.5. The van der Waals surface area contributed by atoms with Gasteiger partial charge in [-0.05, 0) is 29.7 Å². The van der Waals surface area contributed by atoms with Crippen LogP contribution in [0.5, 0.6) is 5.75 Å². The highest BCUT2D eigenvalue weighted by Gasteiger charge is 2.01. The molecule has 136 valence electrons. The molecular formula is C20H21NO5. The van der Waals surface area contributed by atoms with Crippen LogP contribution in [0.25, 0.3) is 6.08 Å². The Hall–Kier alpha value is -3.28. The normalized spacial score (nSPS) is 10.5. The molecule has 0 aliphatic carbocycles. The molecule has 0 bridgehead atoms. The van der Waals surface area contributed by atoms with Crippen molar-refractivity contribution in [2.45, 2.75) is 13.0 Å². The Bertz CT molecular complexity index is 726. The number of benzene rings is 2. The van der Waals surface area contributed by atoms with Crippen LogP contribution in [0, 0.1) is 0 Å². The van der Waals surface area contributed by atoms with E-state index in [1.165, 1.54) is 0 Å². The van der Waals surface area contributed by atoms with Crippen molar-refractivity contribution in [1.82, 2.24) is 5.32 Å². The van der Waals surface area contributed by atoms with E-state index in [0.29, 0.717) is 18.7 Å². The van der Waals surface area contributed by atoms with Crippen molar-refractivity contribution in [3.63, 3.8) is 0 Å². The lowest BCUT2D eigenvalue weighted by Gasteiger charge is -2.06. The van der Waals surface area contributed by atoms with Crippen molar-refractivity contribution < 1.29 is 24.2 Å². The molecule has 2 aromatic rings. The topological polar surface area (TPSA) is 84.9 Å². The van der Waals surface area contributed by atoms with Crippen LogP contribution in [0.3, 0.4) is 0 Å². The van der Waals surface area contributed by atoms with E-state index in [-0.39, 0.29) is 13.2 Å². The van der Waals surface area contributed by atoms with Crippen LogP contribution in [-0.4, -0.2) is 30.3 Å². The van der Waals surface area contributed by atoms with E-state index in [2.05, 4.69) is 5.32 Å². The number of hydrogen-bond acceptors (Lipinski definition) is 4. The molecule has 1 amide bonds. The van der Waals surface area contributed by atoms with Gasteiger partial charge in [0.2, 0.25) is 0 Å². The molecule has 0 aliphatic rings. The zero-order valence-corrected chi connectivity index (χ0v) is 14.3. The zero-order chi connectivity index (χ0) is 18.6. The summed E-state index contributed by atoms with van der Waals surface area (Å²) in [6.45, 7) is 0.365. The number of carbonyl (C=O) groups excluding carboxylic acids is 1. The minimum Gasteiger partial charge on any atom is -0.482 e. The second-order valence-electron chi connectivity index (χ2n) is 5.43. The van der Waals surface area contributed by atoms with Gasteiger partial charge in [0.15, 0.2) is 6.61 Å². The number of aliphatic carboxylic acids is 1. The predicted molar refractivity (Wildman–Crippen MR) is 97.9 cm³/mol. The van der Waals surface area contributed by atoms with E-state index < -0.39 is 12.1 Å². The largest absolute Gasteiger partial charge is 0.482 e. The third-order valence-corrected chi connectivity index (χ3v) is 3.35. The predicted octanol–water partition coefficient (Wildman–Crippen LogP) is 3.48. The average molecular weight is 355 g/mol. The molecule has 2 aromatic carbocycles. The maximum atomic E-state index is 11.6. The molecule has 2 rings (SSSR count). The molecular weight excluding hydrogens is 334 g/mol. The maximum Gasteiger partial charge on any atom is 0.407 e. The second-order valence-corrected chi connectivity index (χ2v) is 5.43. The molecule has 0 unspecified atom stereocenters. The van der Waals surface area contributed by atoms with Gasteiger partial charge in [-0.2, -0.15) is 0 Å². The summed E-state index contributed by atoms with van der Waals surface area (Å²) < 4.78 is 10.2. The number of amides is 1. The van der Waals surface area contributed by atoms with E-state index in [4.69, 9.17) is 14.6 Å². The van der Waals surface area contributed by atoms with Crippen molar-refractivity contribution in [2.24, 2.45) is 0 Å². The molecule has 0 saturated heterocycles. The molecule has 0 saturated carbocycles. The van der Waals surface area contributed by atoms with Crippen LogP contribution in [0.15, 0.2) is 60.7 Å². The van der Waals surface area contributed by atoms with E-state index >= 15 is 0 Å². The SMILES string of the molecule is O=C(O)COc1ccc(C=CCCNC(=O)OCc2ccccc2)cc1. The molecule has 0 aliphatic heterocycles. The summed E-state index contributed by atoms with van der Waals surface area (Å²) in [6, 6.07) is 16.6. The Labute approximate surface area is 152 Å². The van der Waals surface area contributed by atoms with E-state index in [9.17, 15) is 9.59 Å². The van der Waals surface area contributed by atoms with Crippen LogP contribution in [-0.2, 0) is 16.1 Å². The number of carboxylic acids is 1. The summed E-state index contributed by atoms with van der Waals surface area (Å²) >= 11 is 0. The fourth-order valence-corrected chi connectivity index (χ4v) is 2.07. The quantitative estimate of drug-likeness (QED) is 0.673. The van der Waals surface area contributed by atoms with Crippen molar-refractivity contribution in [3.05, 3.63) is 71.8 Å². The lowest BCUT2D eigenvalue weighted by molar-refractivity contribution is -0.139. The Morgan fingerprint density at radius 1 is 1.04 bits per heavy atom. The molecule has 0 radical (unpaired) electrons. The Kier molecular flexibility index (Phi) is 7.74. The molecule has 0 fully saturated rings. The Morgan fingerprint density at radius 3 is 2.46 bits per heavy atom. The van der Waals surface area contributed by atoms with Gasteiger partial charge in [0, 0.05) is 6.54 Å². The fourth-order valence-electron chi connectivity index (χ4n) is 2.07. The first-order valence-electron chi connectivity index (χ1n) is 8.19. The molecule has 0 atom stereocenters. The van der Waals surface area contributed by atoms with Crippen LogP contribution in [0.1, 0.15) is 17.5 Å². The first kappa shape index (κ1) is 19.1. The van der Waals surface area contributed by atoms with Crippen LogP contribution in [0.2, 0.25) is 0 Å². The van der Waals surface area contributed by atoms with Gasteiger partial charge in [-0.15, -0.1) is 0 Å². The van der Waals surface area contributed by atoms with Crippen LogP contribution < -0.4 is 10.1 Å². The van der Waals surface area contributed by atoms with Gasteiger partial charge in [-0.1, -0.05) is 54.6 Å². The van der Waals surface area contributed by atoms with E-state index in [0.717, 1.165) is 11.1 Å². The number of rotatable bonds is 9. The first-order chi connectivity index (χ1) is 12.6. The summed E-state index contributed by atoms with van der Waals surface area (Å²) in [5, 5.41) is 11.2. The van der Waals surface area contributed by atoms with Crippen molar-refractivity contribution in [3.8, 4) is 5.75 Å². The molecule has 0 spiro atoms. The number of carbonyl (C=O) groups is 2. The van der Waals surface area contributed by atoms with Gasteiger partial charge in [0.1, 0.15) is 12.4 Å². The molecule has 26 heavy (non-hydrogen) atoms. The van der Waals surface area contributed by atoms with Gasteiger partial charge in [0.05, 0.1) is 0 Å². The minimum atomic E-state index is -1.01. The summed E-state index contributed by atoms with van der Waals surface area (Å²) in [5.41, 5.74) is 1.90. The molecule has 0 heterocycles. The summed E-state index contributed by atoms with van der Waals surface area (Å²) in [5.74, 6) is -0.504. The number of ether oxygens (including phenoxy) is 2. The van der Waals surface area contributed by atoms with Crippen molar-refractivity contribution in [2.75, 3.05) is 13.2 Å². The zero-order valence-electron chi connectivity index (χ0n) is 14.3. The lowest BCUT2D eigenvalue weighted by atomic mass is 10.2. The van der Waals surface area contributed by atoms with Crippen molar-refractivity contribution in [1.29, 1.82) is 0 Å². The fraction of sp³-hybridized carbons (Fsp3) is 0.200. The Balaban J connectivity index is 1.62. The minimum absolute atomic E-state index is 0.249. The number of alkyl carbamates (subject to hydrolysis) is 1. The molecule has 6 nitrogen and oxygen atoms in total. The molecule has 2 N–H and O–H groups in total. The third kappa shape index (κ3) is 7.53. The number of nitrogens with one attached hydrogen (secondary N) is 1. The number of carboxylic acid groups (broad SMARTS) is 1. The molecule has 6 heteroatoms. The molecule has 0 aromatic heterocycles. The summed E-state index contributed by atoms with van der Waals surface area (Å²) in [7, 11) is 0. The maximum absolute atomic E-state index is 11.6. The van der Waals surface area contributed by atoms with Crippen molar-refractivity contribution >= 4 is 18.1 Å². The highest BCUT2D eigenvalue weighted by molar-refractivity contribution is 5.68. The lowest BCUT2D eigenvalue weighted by Crippen LogP contribution is -2.24. The van der Waals surface area contributed by atoms with E-state index in [1.54, 1.807) is 12.1 Å². The summed E-state index contributed by atoms with van der Waals surface area (Å²) in [4.78, 5) is 22.0. The Morgan fingerprint density at radius 2 is 1.77 bits per heavy atom. The van der Waals surface area contributed by atoms with Gasteiger partial charge >= 0.3 is 12.1 Å². The van der Waals surface area contributed by atoms with Gasteiger partial charge in [-0.25, -0.2) is 9.59 Å². The smallest absolute Gasteiger partial charge is 0.407 e. The van der Waals surface area contributed by atoms with E-state index in [1.807, 2.05) is 54.6 Å². The van der Waals surface area contributed by atoms with Crippen LogP contribution in [0.4, 0.5) is 4.79 Å². The average Bonchev–Trinajstić information content (AvgIpc) is 2.66. The summed E-state index contributed by atoms with van der Waals surface area (Å²) in [6.07, 6.45) is 4.07. The number of hydrogen-bond donors (Lipinski definition) is 2. The van der Waals surface area contributed by atoms with Gasteiger partial charge < -0.3 is 19.9 Å². The monoisotopic (exact) mass is 355 g/mol. The van der Waals surface area contributed by atoms with Gasteiger partial charge in [0.25, 0.3) is 0 Å². The second kappa shape index (κ2) is 10.6. The van der Waals surface area contributed by atoms with Crippen LogP contribution >= 0.6 is 0 Å². The van der Waals surface area contributed by atoms with Gasteiger partial charge in [-0.3, -0.25) is 0 Å². The standard InChI is InChI=1S/C20H21NO5/c22-19(23)15-25-18-11-9-16(10-12-18)6-4-5-13-21-20(24)26-14-17-7-2-1-3-8-17/h1-4,6-12H,5,13-15H2,(H,21,24)(H,22,23). The first-order valence-corrected chi connectivity index (χ1v) is 8.19.